The monoisotopic (exact) mass is 302 g/mol. The van der Waals surface area contributed by atoms with E-state index in [4.69, 9.17) is 9.73 Å². The van der Waals surface area contributed by atoms with E-state index in [1.54, 1.807) is 0 Å². The zero-order valence-corrected chi connectivity index (χ0v) is 13.1. The molecule has 0 saturated carbocycles. The largest absolute Gasteiger partial charge is 0.381 e. The number of fused-ring (bicyclic) bond motifs is 1. The minimum atomic E-state index is 0.246. The molecule has 0 bridgehead atoms. The van der Waals surface area contributed by atoms with Crippen molar-refractivity contribution < 1.29 is 4.74 Å². The summed E-state index contributed by atoms with van der Waals surface area (Å²) in [6, 6.07) is 9.16. The van der Waals surface area contributed by atoms with Crippen LogP contribution in [0.1, 0.15) is 42.9 Å². The molecule has 1 N–H and O–H groups in total. The highest BCUT2D eigenvalue weighted by Crippen LogP contribution is 2.36. The summed E-state index contributed by atoms with van der Waals surface area (Å²) in [6.07, 6.45) is 5.86. The number of thioether (sulfide) groups is 1. The average molecular weight is 302 g/mol. The molecule has 2 aliphatic heterocycles. The molecule has 112 valence electrons. The number of ether oxygens (including phenoxy) is 1. The van der Waals surface area contributed by atoms with Gasteiger partial charge in [-0.05, 0) is 43.2 Å². The predicted molar refractivity (Wildman–Crippen MR) is 87.9 cm³/mol. The Balaban J connectivity index is 1.54. The van der Waals surface area contributed by atoms with E-state index in [1.165, 1.54) is 30.4 Å². The summed E-state index contributed by atoms with van der Waals surface area (Å²) in [5.41, 5.74) is 3.17. The molecule has 1 atom stereocenters. The maximum atomic E-state index is 5.50. The molecule has 3 aliphatic rings. The molecule has 3 nitrogen and oxygen atoms in total. The first-order valence-electron chi connectivity index (χ1n) is 7.99. The van der Waals surface area contributed by atoms with E-state index >= 15 is 0 Å². The number of amidine groups is 1. The van der Waals surface area contributed by atoms with E-state index in [0.29, 0.717) is 6.04 Å². The lowest BCUT2D eigenvalue weighted by Gasteiger charge is -2.32. The molecular formula is C17H22N2OS. The Morgan fingerprint density at radius 2 is 2.10 bits per heavy atom. The molecule has 0 amide bonds. The first-order chi connectivity index (χ1) is 10.3. The molecule has 4 heteroatoms. The van der Waals surface area contributed by atoms with Gasteiger partial charge in [-0.25, -0.2) is 0 Å². The summed E-state index contributed by atoms with van der Waals surface area (Å²) in [5, 5.41) is 4.87. The van der Waals surface area contributed by atoms with Crippen LogP contribution in [0.2, 0.25) is 0 Å². The van der Waals surface area contributed by atoms with Gasteiger partial charge in [0, 0.05) is 19.0 Å². The minimum Gasteiger partial charge on any atom is -0.381 e. The van der Waals surface area contributed by atoms with Crippen molar-refractivity contribution >= 4 is 16.9 Å². The lowest BCUT2D eigenvalue weighted by atomic mass is 9.88. The summed E-state index contributed by atoms with van der Waals surface area (Å²) in [5.74, 6) is 1.14. The number of hydrogen-bond donors (Lipinski definition) is 1. The van der Waals surface area contributed by atoms with Crippen molar-refractivity contribution in [3.05, 3.63) is 35.4 Å². The standard InChI is InChI=1S/C17H22N2OS/c1-2-6-14-13(4-1)5-3-7-15(14)18-16-19-17(12-21-16)8-10-20-11-9-17/h1-2,4,6,15H,3,5,7-12H2,(H,18,19). The van der Waals surface area contributed by atoms with Crippen LogP contribution in [0.4, 0.5) is 0 Å². The van der Waals surface area contributed by atoms with Gasteiger partial charge >= 0.3 is 0 Å². The van der Waals surface area contributed by atoms with Gasteiger partial charge in [0.1, 0.15) is 0 Å². The number of hydrogen-bond acceptors (Lipinski definition) is 3. The van der Waals surface area contributed by atoms with Gasteiger partial charge in [0.15, 0.2) is 5.17 Å². The van der Waals surface area contributed by atoms with Crippen LogP contribution < -0.4 is 5.32 Å². The Morgan fingerprint density at radius 1 is 1.24 bits per heavy atom. The molecule has 2 fully saturated rings. The fourth-order valence-corrected chi connectivity index (χ4v) is 4.87. The third-order valence-corrected chi connectivity index (χ3v) is 6.10. The highest BCUT2D eigenvalue weighted by molar-refractivity contribution is 8.14. The molecule has 2 saturated heterocycles. The van der Waals surface area contributed by atoms with Crippen LogP contribution >= 0.6 is 11.8 Å². The molecule has 1 aliphatic carbocycles. The lowest BCUT2D eigenvalue weighted by Crippen LogP contribution is -2.48. The highest BCUT2D eigenvalue weighted by atomic mass is 32.2. The first-order valence-corrected chi connectivity index (χ1v) is 8.98. The minimum absolute atomic E-state index is 0.246. The third kappa shape index (κ3) is 2.71. The van der Waals surface area contributed by atoms with Gasteiger partial charge in [-0.3, -0.25) is 4.99 Å². The Hall–Kier alpha value is -1.000. The number of benzene rings is 1. The molecule has 1 spiro atoms. The van der Waals surface area contributed by atoms with Gasteiger partial charge < -0.3 is 10.1 Å². The van der Waals surface area contributed by atoms with Crippen LogP contribution in [0.3, 0.4) is 0 Å². The van der Waals surface area contributed by atoms with Crippen LogP contribution in [0.25, 0.3) is 0 Å². The molecule has 2 heterocycles. The van der Waals surface area contributed by atoms with Gasteiger partial charge in [-0.1, -0.05) is 36.0 Å². The van der Waals surface area contributed by atoms with E-state index in [2.05, 4.69) is 29.6 Å². The van der Waals surface area contributed by atoms with Crippen molar-refractivity contribution in [3.8, 4) is 0 Å². The number of aryl methyl sites for hydroxylation is 1. The van der Waals surface area contributed by atoms with Crippen LogP contribution in [0.15, 0.2) is 29.3 Å². The zero-order chi connectivity index (χ0) is 14.1. The Morgan fingerprint density at radius 3 is 3.00 bits per heavy atom. The maximum Gasteiger partial charge on any atom is 0.157 e. The lowest BCUT2D eigenvalue weighted by molar-refractivity contribution is 0.0555. The average Bonchev–Trinajstić information content (AvgIpc) is 2.91. The van der Waals surface area contributed by atoms with E-state index in [9.17, 15) is 0 Å². The fourth-order valence-electron chi connectivity index (χ4n) is 3.61. The third-order valence-electron chi connectivity index (χ3n) is 4.92. The summed E-state index contributed by atoms with van der Waals surface area (Å²) in [6.45, 7) is 1.76. The molecule has 0 aromatic heterocycles. The SMILES string of the molecule is c1ccc2c(c1)CCCC2N=C1NC2(CCOCC2)CS1. The van der Waals surface area contributed by atoms with Crippen molar-refractivity contribution in [2.24, 2.45) is 4.99 Å². The van der Waals surface area contributed by atoms with Crippen LogP contribution in [-0.4, -0.2) is 29.7 Å². The second kappa shape index (κ2) is 5.65. The van der Waals surface area contributed by atoms with E-state index in [1.807, 2.05) is 11.8 Å². The first kappa shape index (κ1) is 13.6. The smallest absolute Gasteiger partial charge is 0.157 e. The zero-order valence-electron chi connectivity index (χ0n) is 12.3. The molecule has 1 aromatic carbocycles. The van der Waals surface area contributed by atoms with E-state index < -0.39 is 0 Å². The molecule has 21 heavy (non-hydrogen) atoms. The molecule has 1 unspecified atom stereocenters. The maximum absolute atomic E-state index is 5.50. The highest BCUT2D eigenvalue weighted by Gasteiger charge is 2.39. The van der Waals surface area contributed by atoms with Crippen molar-refractivity contribution in [1.29, 1.82) is 0 Å². The molecular weight excluding hydrogens is 280 g/mol. The van der Waals surface area contributed by atoms with Crippen LogP contribution in [0, 0.1) is 0 Å². The topological polar surface area (TPSA) is 33.6 Å². The van der Waals surface area contributed by atoms with Crippen LogP contribution in [-0.2, 0) is 11.2 Å². The number of nitrogens with zero attached hydrogens (tertiary/aromatic N) is 1. The van der Waals surface area contributed by atoms with Crippen molar-refractivity contribution in [3.63, 3.8) is 0 Å². The number of aliphatic imine (C=N–C) groups is 1. The molecule has 0 radical (unpaired) electrons. The summed E-state index contributed by atoms with van der Waals surface area (Å²) >= 11 is 1.90. The fraction of sp³-hybridized carbons (Fsp3) is 0.588. The Labute approximate surface area is 130 Å². The van der Waals surface area contributed by atoms with Gasteiger partial charge in [0.05, 0.1) is 11.6 Å². The van der Waals surface area contributed by atoms with Gasteiger partial charge in [-0.15, -0.1) is 0 Å². The summed E-state index contributed by atoms with van der Waals surface area (Å²) in [7, 11) is 0. The van der Waals surface area contributed by atoms with Crippen LogP contribution in [0.5, 0.6) is 0 Å². The Kier molecular flexibility index (Phi) is 3.67. The van der Waals surface area contributed by atoms with E-state index in [0.717, 1.165) is 37.0 Å². The summed E-state index contributed by atoms with van der Waals surface area (Å²) in [4.78, 5) is 5.05. The number of rotatable bonds is 1. The quantitative estimate of drug-likeness (QED) is 0.864. The normalized spacial score (nSPS) is 29.3. The summed E-state index contributed by atoms with van der Waals surface area (Å²) < 4.78 is 5.50. The van der Waals surface area contributed by atoms with Gasteiger partial charge in [-0.2, -0.15) is 0 Å². The second-order valence-corrected chi connectivity index (χ2v) is 7.31. The molecule has 1 aromatic rings. The van der Waals surface area contributed by atoms with Gasteiger partial charge in [0.25, 0.3) is 0 Å². The predicted octanol–water partition coefficient (Wildman–Crippen LogP) is 3.31. The molecule has 4 rings (SSSR count). The van der Waals surface area contributed by atoms with Gasteiger partial charge in [0.2, 0.25) is 0 Å². The van der Waals surface area contributed by atoms with Crippen molar-refractivity contribution in [1.82, 2.24) is 5.32 Å². The van der Waals surface area contributed by atoms with Crippen molar-refractivity contribution in [2.45, 2.75) is 43.7 Å². The number of nitrogens with one attached hydrogen (secondary N) is 1. The van der Waals surface area contributed by atoms with E-state index in [-0.39, 0.29) is 5.54 Å². The van der Waals surface area contributed by atoms with Crippen molar-refractivity contribution in [2.75, 3.05) is 19.0 Å². The second-order valence-electron chi connectivity index (χ2n) is 6.35. The Bertz CT molecular complexity index is 551.